The number of para-hydroxylation sites is 1. The van der Waals surface area contributed by atoms with E-state index in [1.807, 2.05) is 31.2 Å². The van der Waals surface area contributed by atoms with Crippen LogP contribution in [0.3, 0.4) is 0 Å². The van der Waals surface area contributed by atoms with Crippen molar-refractivity contribution in [1.29, 1.82) is 0 Å². The number of nitrogens with two attached hydrogens (primary N) is 1. The molecule has 0 aliphatic carbocycles. The highest BCUT2D eigenvalue weighted by Crippen LogP contribution is 2.18. The Morgan fingerprint density at radius 2 is 1.91 bits per heavy atom. The number of rotatable bonds is 7. The van der Waals surface area contributed by atoms with E-state index in [1.54, 1.807) is 12.1 Å². The molecule has 2 aromatic carbocycles. The minimum Gasteiger partial charge on any atom is -0.478 e. The van der Waals surface area contributed by atoms with Crippen molar-refractivity contribution < 1.29 is 13.9 Å². The Hall–Kier alpha value is -2.56. The lowest BCUT2D eigenvalue weighted by Gasteiger charge is -2.17. The van der Waals surface area contributed by atoms with E-state index in [1.165, 1.54) is 12.1 Å². The van der Waals surface area contributed by atoms with Crippen LogP contribution in [0.25, 0.3) is 0 Å². The Balaban J connectivity index is 1.85. The molecule has 0 aliphatic rings. The van der Waals surface area contributed by atoms with E-state index in [0.29, 0.717) is 25.1 Å². The van der Waals surface area contributed by atoms with Crippen molar-refractivity contribution in [2.45, 2.75) is 25.9 Å². The predicted octanol–water partition coefficient (Wildman–Crippen LogP) is 2.92. The molecule has 2 aromatic rings. The van der Waals surface area contributed by atoms with Crippen molar-refractivity contribution in [3.8, 4) is 5.75 Å². The Morgan fingerprint density at radius 1 is 1.22 bits per heavy atom. The average Bonchev–Trinajstić information content (AvgIpc) is 2.56. The summed E-state index contributed by atoms with van der Waals surface area (Å²) in [5, 5.41) is 2.82. The third kappa shape index (κ3) is 4.98. The number of halogens is 1. The zero-order chi connectivity index (χ0) is 16.7. The van der Waals surface area contributed by atoms with Gasteiger partial charge < -0.3 is 15.8 Å². The number of benzene rings is 2. The van der Waals surface area contributed by atoms with Gasteiger partial charge in [0, 0.05) is 12.2 Å². The number of hydrogen-bond acceptors (Lipinski definition) is 3. The van der Waals surface area contributed by atoms with Gasteiger partial charge in [0.25, 0.3) is 5.91 Å². The summed E-state index contributed by atoms with van der Waals surface area (Å²) in [6, 6.07) is 13.6. The minimum absolute atomic E-state index is 0.0908. The van der Waals surface area contributed by atoms with Crippen LogP contribution in [0.4, 0.5) is 10.1 Å². The van der Waals surface area contributed by atoms with Crippen molar-refractivity contribution in [3.05, 3.63) is 59.9 Å². The van der Waals surface area contributed by atoms with Crippen molar-refractivity contribution >= 4 is 11.6 Å². The van der Waals surface area contributed by atoms with Crippen molar-refractivity contribution in [1.82, 2.24) is 5.32 Å². The minimum atomic E-state index is -0.710. The number of carbonyl (C=O) groups excluding carboxylic acids is 1. The fourth-order valence-electron chi connectivity index (χ4n) is 2.14. The monoisotopic (exact) mass is 316 g/mol. The quantitative estimate of drug-likeness (QED) is 0.772. The molecule has 1 amide bonds. The molecule has 0 heterocycles. The summed E-state index contributed by atoms with van der Waals surface area (Å²) in [7, 11) is 0. The van der Waals surface area contributed by atoms with Gasteiger partial charge in [0.1, 0.15) is 0 Å². The van der Waals surface area contributed by atoms with Crippen LogP contribution < -0.4 is 15.8 Å². The molecule has 23 heavy (non-hydrogen) atoms. The number of nitrogens with one attached hydrogen (secondary N) is 1. The molecule has 0 aliphatic heterocycles. The molecule has 1 atom stereocenters. The third-order valence-corrected chi connectivity index (χ3v) is 3.46. The van der Waals surface area contributed by atoms with E-state index in [-0.39, 0.29) is 11.7 Å². The molecule has 122 valence electrons. The number of nitrogen functional groups attached to an aromatic ring is 1. The van der Waals surface area contributed by atoms with Crippen LogP contribution in [-0.2, 0) is 11.2 Å². The number of hydrogen-bond donors (Lipinski definition) is 2. The molecular weight excluding hydrogens is 295 g/mol. The third-order valence-electron chi connectivity index (χ3n) is 3.46. The maximum atomic E-state index is 13.6. The first-order chi connectivity index (χ1) is 11.1. The van der Waals surface area contributed by atoms with E-state index in [9.17, 15) is 9.18 Å². The summed E-state index contributed by atoms with van der Waals surface area (Å²) >= 11 is 0. The normalized spacial score (nSPS) is 11.7. The first kappa shape index (κ1) is 16.8. The Bertz CT molecular complexity index is 644. The van der Waals surface area contributed by atoms with Crippen LogP contribution in [-0.4, -0.2) is 18.6 Å². The first-order valence-electron chi connectivity index (χ1n) is 7.63. The highest BCUT2D eigenvalue weighted by Gasteiger charge is 2.19. The average molecular weight is 316 g/mol. The topological polar surface area (TPSA) is 64.3 Å². The summed E-state index contributed by atoms with van der Waals surface area (Å²) < 4.78 is 19.1. The lowest BCUT2D eigenvalue weighted by molar-refractivity contribution is -0.128. The molecular formula is C18H21FN2O2. The van der Waals surface area contributed by atoms with Gasteiger partial charge in [-0.05, 0) is 42.7 Å². The Kier molecular flexibility index (Phi) is 5.97. The van der Waals surface area contributed by atoms with E-state index in [2.05, 4.69) is 5.32 Å². The summed E-state index contributed by atoms with van der Waals surface area (Å²) in [6.07, 6.45) is 0.447. The van der Waals surface area contributed by atoms with Gasteiger partial charge in [0.15, 0.2) is 17.7 Å². The van der Waals surface area contributed by atoms with Gasteiger partial charge in [-0.25, -0.2) is 4.39 Å². The van der Waals surface area contributed by atoms with Crippen molar-refractivity contribution in [2.24, 2.45) is 0 Å². The maximum absolute atomic E-state index is 13.6. The van der Waals surface area contributed by atoms with Crippen LogP contribution >= 0.6 is 0 Å². The number of ether oxygens (including phenoxy) is 1. The van der Waals surface area contributed by atoms with Gasteiger partial charge in [-0.2, -0.15) is 0 Å². The largest absolute Gasteiger partial charge is 0.478 e. The molecule has 0 saturated carbocycles. The Labute approximate surface area is 135 Å². The fraction of sp³-hybridized carbons (Fsp3) is 0.278. The van der Waals surface area contributed by atoms with E-state index >= 15 is 0 Å². The van der Waals surface area contributed by atoms with Crippen LogP contribution in [0.2, 0.25) is 0 Å². The number of amides is 1. The second-order valence-corrected chi connectivity index (χ2v) is 5.23. The number of anilines is 1. The maximum Gasteiger partial charge on any atom is 0.261 e. The molecule has 0 bridgehead atoms. The second kappa shape index (κ2) is 8.17. The molecule has 2 rings (SSSR count). The van der Waals surface area contributed by atoms with Gasteiger partial charge in [0.05, 0.1) is 0 Å². The molecule has 0 aromatic heterocycles. The zero-order valence-electron chi connectivity index (χ0n) is 13.1. The summed E-state index contributed by atoms with van der Waals surface area (Å²) in [5.41, 5.74) is 7.43. The zero-order valence-corrected chi connectivity index (χ0v) is 13.1. The second-order valence-electron chi connectivity index (χ2n) is 5.23. The highest BCUT2D eigenvalue weighted by atomic mass is 19.1. The van der Waals surface area contributed by atoms with E-state index in [0.717, 1.165) is 5.56 Å². The first-order valence-corrected chi connectivity index (χ1v) is 7.63. The molecule has 0 radical (unpaired) electrons. The molecule has 3 N–H and O–H groups in total. The van der Waals surface area contributed by atoms with Gasteiger partial charge in [-0.1, -0.05) is 31.2 Å². The SMILES string of the molecule is CCC(Oc1ccccc1F)C(=O)NCCc1ccc(N)cc1. The summed E-state index contributed by atoms with van der Waals surface area (Å²) in [4.78, 5) is 12.2. The van der Waals surface area contributed by atoms with Crippen molar-refractivity contribution in [3.63, 3.8) is 0 Å². The van der Waals surface area contributed by atoms with Crippen molar-refractivity contribution in [2.75, 3.05) is 12.3 Å². The predicted molar refractivity (Wildman–Crippen MR) is 88.7 cm³/mol. The number of carbonyl (C=O) groups is 1. The Morgan fingerprint density at radius 3 is 2.57 bits per heavy atom. The van der Waals surface area contributed by atoms with Gasteiger partial charge in [0.2, 0.25) is 0 Å². The molecule has 0 saturated heterocycles. The molecule has 1 unspecified atom stereocenters. The van der Waals surface area contributed by atoms with Crippen LogP contribution in [0.1, 0.15) is 18.9 Å². The summed E-state index contributed by atoms with van der Waals surface area (Å²) in [6.45, 7) is 2.31. The lowest BCUT2D eigenvalue weighted by atomic mass is 10.1. The van der Waals surface area contributed by atoms with Crippen LogP contribution in [0.5, 0.6) is 5.75 Å². The van der Waals surface area contributed by atoms with E-state index in [4.69, 9.17) is 10.5 Å². The smallest absolute Gasteiger partial charge is 0.261 e. The van der Waals surface area contributed by atoms with Gasteiger partial charge in [-0.3, -0.25) is 4.79 Å². The highest BCUT2D eigenvalue weighted by molar-refractivity contribution is 5.81. The van der Waals surface area contributed by atoms with Crippen LogP contribution in [0, 0.1) is 5.82 Å². The van der Waals surface area contributed by atoms with E-state index < -0.39 is 11.9 Å². The van der Waals surface area contributed by atoms with Gasteiger partial charge >= 0.3 is 0 Å². The van der Waals surface area contributed by atoms with Gasteiger partial charge in [-0.15, -0.1) is 0 Å². The lowest BCUT2D eigenvalue weighted by Crippen LogP contribution is -2.39. The molecule has 5 heteroatoms. The standard InChI is InChI=1S/C18H21FN2O2/c1-2-16(23-17-6-4-3-5-15(17)19)18(22)21-12-11-13-7-9-14(20)10-8-13/h3-10,16H,2,11-12,20H2,1H3,(H,21,22). The molecule has 0 fully saturated rings. The van der Waals surface area contributed by atoms with Crippen LogP contribution in [0.15, 0.2) is 48.5 Å². The summed E-state index contributed by atoms with van der Waals surface area (Å²) in [5.74, 6) is -0.625. The molecule has 4 nitrogen and oxygen atoms in total. The molecule has 0 spiro atoms. The fourth-order valence-corrected chi connectivity index (χ4v) is 2.14.